The first-order valence-electron chi connectivity index (χ1n) is 6.29. The molecule has 0 saturated carbocycles. The number of aryl methyl sites for hydroxylation is 2. The SMILES string of the molecule is Cc1ccc(NC(C)c2cc(F)ccc2O)cc1C. The zero-order valence-electron chi connectivity index (χ0n) is 11.4. The van der Waals surface area contributed by atoms with Crippen LogP contribution < -0.4 is 5.32 Å². The van der Waals surface area contributed by atoms with Gasteiger partial charge in [0.25, 0.3) is 0 Å². The lowest BCUT2D eigenvalue weighted by Gasteiger charge is -2.17. The van der Waals surface area contributed by atoms with Crippen molar-refractivity contribution in [3.05, 3.63) is 58.9 Å². The number of hydrogen-bond acceptors (Lipinski definition) is 2. The van der Waals surface area contributed by atoms with Crippen LogP contribution in [0.25, 0.3) is 0 Å². The van der Waals surface area contributed by atoms with Gasteiger partial charge < -0.3 is 10.4 Å². The fourth-order valence-corrected chi connectivity index (χ4v) is 2.03. The van der Waals surface area contributed by atoms with E-state index in [4.69, 9.17) is 0 Å². The molecule has 0 amide bonds. The van der Waals surface area contributed by atoms with Crippen LogP contribution in [0.3, 0.4) is 0 Å². The lowest BCUT2D eigenvalue weighted by molar-refractivity contribution is 0.462. The molecule has 2 N–H and O–H groups in total. The molecule has 100 valence electrons. The van der Waals surface area contributed by atoms with Gasteiger partial charge >= 0.3 is 0 Å². The van der Waals surface area contributed by atoms with E-state index in [1.54, 1.807) is 0 Å². The van der Waals surface area contributed by atoms with Crippen LogP contribution in [0.5, 0.6) is 5.75 Å². The number of phenols is 1. The molecule has 0 aliphatic heterocycles. The lowest BCUT2D eigenvalue weighted by atomic mass is 10.1. The lowest BCUT2D eigenvalue weighted by Crippen LogP contribution is -2.07. The van der Waals surface area contributed by atoms with Crippen LogP contribution in [0.4, 0.5) is 10.1 Å². The van der Waals surface area contributed by atoms with Gasteiger partial charge in [-0.1, -0.05) is 6.07 Å². The molecule has 0 radical (unpaired) electrons. The Morgan fingerprint density at radius 3 is 2.47 bits per heavy atom. The van der Waals surface area contributed by atoms with E-state index in [1.165, 1.54) is 29.3 Å². The van der Waals surface area contributed by atoms with Gasteiger partial charge in [0.2, 0.25) is 0 Å². The second kappa shape index (κ2) is 5.31. The van der Waals surface area contributed by atoms with Crippen molar-refractivity contribution in [2.24, 2.45) is 0 Å². The number of nitrogens with one attached hydrogen (secondary N) is 1. The van der Waals surface area contributed by atoms with Gasteiger partial charge in [-0.05, 0) is 62.2 Å². The molecule has 0 saturated heterocycles. The summed E-state index contributed by atoms with van der Waals surface area (Å²) in [7, 11) is 0. The first-order chi connectivity index (χ1) is 8.97. The summed E-state index contributed by atoms with van der Waals surface area (Å²) in [5.41, 5.74) is 3.94. The molecule has 0 heterocycles. The summed E-state index contributed by atoms with van der Waals surface area (Å²) in [6, 6.07) is 9.88. The number of hydrogen-bond donors (Lipinski definition) is 2. The molecule has 0 spiro atoms. The van der Waals surface area contributed by atoms with E-state index in [-0.39, 0.29) is 17.6 Å². The van der Waals surface area contributed by atoms with Crippen LogP contribution in [0, 0.1) is 19.7 Å². The Bertz CT molecular complexity index is 595. The number of halogens is 1. The van der Waals surface area contributed by atoms with Gasteiger partial charge in [0, 0.05) is 11.3 Å². The van der Waals surface area contributed by atoms with E-state index in [0.717, 1.165) is 5.69 Å². The van der Waals surface area contributed by atoms with Crippen molar-refractivity contribution < 1.29 is 9.50 Å². The van der Waals surface area contributed by atoms with Crippen LogP contribution in [-0.2, 0) is 0 Å². The van der Waals surface area contributed by atoms with Crippen molar-refractivity contribution in [1.29, 1.82) is 0 Å². The minimum Gasteiger partial charge on any atom is -0.508 e. The van der Waals surface area contributed by atoms with Crippen LogP contribution in [0.15, 0.2) is 36.4 Å². The zero-order valence-corrected chi connectivity index (χ0v) is 11.4. The molecule has 19 heavy (non-hydrogen) atoms. The van der Waals surface area contributed by atoms with E-state index in [1.807, 2.05) is 32.0 Å². The van der Waals surface area contributed by atoms with Crippen LogP contribution in [0.2, 0.25) is 0 Å². The predicted molar refractivity (Wildman–Crippen MR) is 76.0 cm³/mol. The topological polar surface area (TPSA) is 32.3 Å². The van der Waals surface area contributed by atoms with Crippen LogP contribution >= 0.6 is 0 Å². The van der Waals surface area contributed by atoms with E-state index in [0.29, 0.717) is 5.56 Å². The molecule has 0 bridgehead atoms. The summed E-state index contributed by atoms with van der Waals surface area (Å²) in [5.74, 6) is -0.244. The zero-order chi connectivity index (χ0) is 14.0. The number of anilines is 1. The summed E-state index contributed by atoms with van der Waals surface area (Å²) in [6.07, 6.45) is 0. The van der Waals surface area contributed by atoms with Gasteiger partial charge in [-0.3, -0.25) is 0 Å². The number of rotatable bonds is 3. The molecule has 0 fully saturated rings. The van der Waals surface area contributed by atoms with Crippen LogP contribution in [-0.4, -0.2) is 5.11 Å². The Morgan fingerprint density at radius 1 is 1.05 bits per heavy atom. The summed E-state index contributed by atoms with van der Waals surface area (Å²) >= 11 is 0. The molecule has 0 aromatic heterocycles. The third-order valence-electron chi connectivity index (χ3n) is 3.35. The highest BCUT2D eigenvalue weighted by Crippen LogP contribution is 2.28. The van der Waals surface area contributed by atoms with Crippen LogP contribution in [0.1, 0.15) is 29.7 Å². The Labute approximate surface area is 112 Å². The number of phenolic OH excluding ortho intramolecular Hbond substituents is 1. The minimum absolute atomic E-state index is 0.102. The van der Waals surface area contributed by atoms with E-state index < -0.39 is 0 Å². The maximum absolute atomic E-state index is 13.2. The highest BCUT2D eigenvalue weighted by molar-refractivity contribution is 5.50. The fraction of sp³-hybridized carbons (Fsp3) is 0.250. The normalized spacial score (nSPS) is 12.2. The fourth-order valence-electron chi connectivity index (χ4n) is 2.03. The predicted octanol–water partition coefficient (Wildman–Crippen LogP) is 4.32. The Morgan fingerprint density at radius 2 is 1.79 bits per heavy atom. The van der Waals surface area contributed by atoms with Gasteiger partial charge in [-0.25, -0.2) is 4.39 Å². The second-order valence-corrected chi connectivity index (χ2v) is 4.87. The van der Waals surface area contributed by atoms with E-state index >= 15 is 0 Å². The van der Waals surface area contributed by atoms with Crippen molar-refractivity contribution in [2.45, 2.75) is 26.8 Å². The molecule has 2 aromatic rings. The summed E-state index contributed by atoms with van der Waals surface area (Å²) in [5, 5.41) is 13.0. The average Bonchev–Trinajstić information content (AvgIpc) is 2.36. The first kappa shape index (κ1) is 13.4. The van der Waals surface area contributed by atoms with Crippen molar-refractivity contribution in [1.82, 2.24) is 0 Å². The van der Waals surface area contributed by atoms with Gasteiger partial charge in [0.05, 0.1) is 6.04 Å². The smallest absolute Gasteiger partial charge is 0.123 e. The molecule has 2 rings (SSSR count). The number of benzene rings is 2. The van der Waals surface area contributed by atoms with Crippen molar-refractivity contribution in [3.63, 3.8) is 0 Å². The van der Waals surface area contributed by atoms with Gasteiger partial charge in [0.1, 0.15) is 11.6 Å². The molecule has 1 unspecified atom stereocenters. The Hall–Kier alpha value is -2.03. The van der Waals surface area contributed by atoms with Gasteiger partial charge in [-0.15, -0.1) is 0 Å². The first-order valence-corrected chi connectivity index (χ1v) is 6.29. The second-order valence-electron chi connectivity index (χ2n) is 4.87. The molecule has 0 aliphatic carbocycles. The molecule has 2 aromatic carbocycles. The monoisotopic (exact) mass is 259 g/mol. The van der Waals surface area contributed by atoms with E-state index in [2.05, 4.69) is 12.2 Å². The minimum atomic E-state index is -0.346. The quantitative estimate of drug-likeness (QED) is 0.860. The summed E-state index contributed by atoms with van der Waals surface area (Å²) in [6.45, 7) is 6.00. The maximum atomic E-state index is 13.2. The summed E-state index contributed by atoms with van der Waals surface area (Å²) < 4.78 is 13.2. The van der Waals surface area contributed by atoms with Crippen molar-refractivity contribution >= 4 is 5.69 Å². The molecule has 2 nitrogen and oxygen atoms in total. The third-order valence-corrected chi connectivity index (χ3v) is 3.35. The highest BCUT2D eigenvalue weighted by Gasteiger charge is 2.11. The van der Waals surface area contributed by atoms with Gasteiger partial charge in [0.15, 0.2) is 0 Å². The third kappa shape index (κ3) is 3.05. The summed E-state index contributed by atoms with van der Waals surface area (Å²) in [4.78, 5) is 0. The average molecular weight is 259 g/mol. The van der Waals surface area contributed by atoms with Crippen molar-refractivity contribution in [2.75, 3.05) is 5.32 Å². The van der Waals surface area contributed by atoms with Gasteiger partial charge in [-0.2, -0.15) is 0 Å². The van der Waals surface area contributed by atoms with Crippen molar-refractivity contribution in [3.8, 4) is 5.75 Å². The van der Waals surface area contributed by atoms with E-state index in [9.17, 15) is 9.50 Å². The Kier molecular flexibility index (Phi) is 3.74. The molecule has 3 heteroatoms. The largest absolute Gasteiger partial charge is 0.508 e. The highest BCUT2D eigenvalue weighted by atomic mass is 19.1. The molecule has 1 atom stereocenters. The molecular weight excluding hydrogens is 241 g/mol. The standard InChI is InChI=1S/C16H18FNO/c1-10-4-6-14(8-11(10)2)18-12(3)15-9-13(17)5-7-16(15)19/h4-9,12,18-19H,1-3H3. The molecule has 0 aliphatic rings. The molecular formula is C16H18FNO. The Balaban J connectivity index is 2.22. The maximum Gasteiger partial charge on any atom is 0.123 e. The number of aromatic hydroxyl groups is 1.